The largest absolute Gasteiger partial charge is 0.451 e. The number of sulfonamides is 1. The number of carbonyl (C=O) groups excluding carboxylic acids is 3. The average molecular weight is 489 g/mol. The number of Topliss-reactive ketones (excluding diaryl/α,β-unsaturated/α-hetero) is 1. The molecular weight excluding hydrogens is 460 g/mol. The van der Waals surface area contributed by atoms with Gasteiger partial charge in [0.1, 0.15) is 0 Å². The molecule has 1 heterocycles. The molecule has 3 rings (SSSR count). The molecule has 0 aromatic heterocycles. The summed E-state index contributed by atoms with van der Waals surface area (Å²) in [7, 11) is -3.67. The molecule has 0 aliphatic carbocycles. The third-order valence-corrected chi connectivity index (χ3v) is 7.23. The number of morpholine rings is 1. The zero-order valence-electron chi connectivity index (χ0n) is 19.3. The first-order valence-corrected chi connectivity index (χ1v) is 12.4. The summed E-state index contributed by atoms with van der Waals surface area (Å²) in [5.41, 5.74) is 1.02. The van der Waals surface area contributed by atoms with Crippen LogP contribution in [-0.4, -0.2) is 62.8 Å². The number of hydrogen-bond donors (Lipinski definition) is 1. The zero-order valence-corrected chi connectivity index (χ0v) is 20.1. The van der Waals surface area contributed by atoms with E-state index in [1.165, 1.54) is 35.5 Å². The van der Waals surface area contributed by atoms with Crippen LogP contribution in [0.15, 0.2) is 53.4 Å². The predicted molar refractivity (Wildman–Crippen MR) is 125 cm³/mol. The second-order valence-corrected chi connectivity index (χ2v) is 10.1. The van der Waals surface area contributed by atoms with Gasteiger partial charge in [-0.05, 0) is 55.5 Å². The van der Waals surface area contributed by atoms with Crippen LogP contribution in [0.4, 0.5) is 5.69 Å². The number of amides is 1. The number of nitrogens with one attached hydrogen (secondary N) is 1. The number of ether oxygens (including phenoxy) is 2. The fourth-order valence-corrected chi connectivity index (χ4v) is 4.63. The Hall–Kier alpha value is -3.08. The van der Waals surface area contributed by atoms with Crippen molar-refractivity contribution in [3.05, 3.63) is 59.7 Å². The van der Waals surface area contributed by atoms with Crippen LogP contribution >= 0.6 is 0 Å². The summed E-state index contributed by atoms with van der Waals surface area (Å²) in [6.45, 7) is 6.25. The molecule has 1 aliphatic rings. The predicted octanol–water partition coefficient (Wildman–Crippen LogP) is 2.73. The summed E-state index contributed by atoms with van der Waals surface area (Å²) in [6, 6.07) is 11.7. The molecule has 1 unspecified atom stereocenters. The van der Waals surface area contributed by atoms with Gasteiger partial charge in [0, 0.05) is 30.3 Å². The second kappa shape index (κ2) is 10.9. The van der Waals surface area contributed by atoms with Gasteiger partial charge in [0.15, 0.2) is 6.10 Å². The Labute approximate surface area is 199 Å². The maximum atomic E-state index is 12.7. The van der Waals surface area contributed by atoms with Crippen LogP contribution in [0.1, 0.15) is 41.5 Å². The van der Waals surface area contributed by atoms with Gasteiger partial charge >= 0.3 is 5.97 Å². The molecule has 1 saturated heterocycles. The van der Waals surface area contributed by atoms with Gasteiger partial charge < -0.3 is 14.8 Å². The van der Waals surface area contributed by atoms with Crippen LogP contribution in [0.5, 0.6) is 0 Å². The normalized spacial score (nSPS) is 15.5. The van der Waals surface area contributed by atoms with E-state index in [4.69, 9.17) is 9.47 Å². The highest BCUT2D eigenvalue weighted by molar-refractivity contribution is 7.89. The number of esters is 1. The summed E-state index contributed by atoms with van der Waals surface area (Å²) >= 11 is 0. The first-order valence-electron chi connectivity index (χ1n) is 10.9. The van der Waals surface area contributed by atoms with Crippen molar-refractivity contribution in [2.45, 2.75) is 31.8 Å². The van der Waals surface area contributed by atoms with Gasteiger partial charge in [0.25, 0.3) is 0 Å². The number of ketones is 1. The lowest BCUT2D eigenvalue weighted by Crippen LogP contribution is -2.40. The minimum atomic E-state index is -3.67. The summed E-state index contributed by atoms with van der Waals surface area (Å²) in [6.07, 6.45) is -1.06. The maximum absolute atomic E-state index is 12.7. The molecule has 1 amide bonds. The van der Waals surface area contributed by atoms with Gasteiger partial charge in [-0.25, -0.2) is 13.2 Å². The fraction of sp³-hybridized carbons (Fsp3) is 0.375. The highest BCUT2D eigenvalue weighted by atomic mass is 32.2. The Morgan fingerprint density at radius 1 is 0.912 bits per heavy atom. The Kier molecular flexibility index (Phi) is 8.19. The Morgan fingerprint density at radius 2 is 1.47 bits per heavy atom. The molecule has 0 radical (unpaired) electrons. The van der Waals surface area contributed by atoms with Crippen molar-refractivity contribution in [2.75, 3.05) is 31.6 Å². The Bertz CT molecular complexity index is 1140. The molecule has 182 valence electrons. The summed E-state index contributed by atoms with van der Waals surface area (Å²) in [4.78, 5) is 37.0. The molecule has 1 N–H and O–H groups in total. The molecule has 2 aromatic carbocycles. The average Bonchev–Trinajstić information content (AvgIpc) is 2.84. The van der Waals surface area contributed by atoms with Crippen molar-refractivity contribution in [3.8, 4) is 0 Å². The number of rotatable bonds is 8. The van der Waals surface area contributed by atoms with Crippen LogP contribution in [-0.2, 0) is 24.3 Å². The van der Waals surface area contributed by atoms with Crippen LogP contribution in [0.2, 0.25) is 0 Å². The number of nitrogens with zero attached hydrogens (tertiary/aromatic N) is 1. The first-order chi connectivity index (χ1) is 16.1. The zero-order chi connectivity index (χ0) is 24.9. The SMILES string of the molecule is CC(C)C(=O)Nc1ccc(C(=O)C(C)OC(=O)c2ccc(S(=O)(=O)N3CCOCC3)cc2)cc1. The molecule has 10 heteroatoms. The molecule has 0 spiro atoms. The van der Waals surface area contributed by atoms with Crippen LogP contribution in [0, 0.1) is 5.92 Å². The van der Waals surface area contributed by atoms with Crippen LogP contribution in [0.25, 0.3) is 0 Å². The van der Waals surface area contributed by atoms with E-state index in [9.17, 15) is 22.8 Å². The van der Waals surface area contributed by atoms with E-state index in [1.54, 1.807) is 38.1 Å². The molecule has 2 aromatic rings. The van der Waals surface area contributed by atoms with Gasteiger partial charge in [-0.3, -0.25) is 9.59 Å². The van der Waals surface area contributed by atoms with Crippen molar-refractivity contribution in [3.63, 3.8) is 0 Å². The molecule has 0 bridgehead atoms. The van der Waals surface area contributed by atoms with E-state index in [1.807, 2.05) is 0 Å². The van der Waals surface area contributed by atoms with E-state index in [2.05, 4.69) is 5.32 Å². The number of carbonyl (C=O) groups is 3. The van der Waals surface area contributed by atoms with Gasteiger partial charge in [-0.2, -0.15) is 4.31 Å². The summed E-state index contributed by atoms with van der Waals surface area (Å²) < 4.78 is 37.2. The lowest BCUT2D eigenvalue weighted by atomic mass is 10.1. The monoisotopic (exact) mass is 488 g/mol. The smallest absolute Gasteiger partial charge is 0.338 e. The first kappa shape index (κ1) is 25.5. The van der Waals surface area contributed by atoms with Crippen LogP contribution < -0.4 is 5.32 Å². The molecule has 1 fully saturated rings. The third-order valence-electron chi connectivity index (χ3n) is 5.31. The number of benzene rings is 2. The number of hydrogen-bond acceptors (Lipinski definition) is 7. The van der Waals surface area contributed by atoms with Gasteiger partial charge in [0.2, 0.25) is 21.7 Å². The third kappa shape index (κ3) is 6.07. The Balaban J connectivity index is 1.61. The van der Waals surface area contributed by atoms with Crippen molar-refractivity contribution >= 4 is 33.4 Å². The second-order valence-electron chi connectivity index (χ2n) is 8.17. The minimum absolute atomic E-state index is 0.0692. The molecule has 1 aliphatic heterocycles. The maximum Gasteiger partial charge on any atom is 0.338 e. The van der Waals surface area contributed by atoms with E-state index in [0.717, 1.165) is 0 Å². The number of anilines is 1. The summed E-state index contributed by atoms with van der Waals surface area (Å²) in [5, 5.41) is 2.74. The quantitative estimate of drug-likeness (QED) is 0.448. The molecular formula is C24H28N2O7S. The van der Waals surface area contributed by atoms with Crippen molar-refractivity contribution in [1.29, 1.82) is 0 Å². The minimum Gasteiger partial charge on any atom is -0.451 e. The lowest BCUT2D eigenvalue weighted by Gasteiger charge is -2.26. The topological polar surface area (TPSA) is 119 Å². The molecule has 34 heavy (non-hydrogen) atoms. The van der Waals surface area contributed by atoms with E-state index in [-0.39, 0.29) is 35.4 Å². The highest BCUT2D eigenvalue weighted by Crippen LogP contribution is 2.19. The van der Waals surface area contributed by atoms with Gasteiger partial charge in [0.05, 0.1) is 23.7 Å². The van der Waals surface area contributed by atoms with Crippen LogP contribution in [0.3, 0.4) is 0 Å². The van der Waals surface area contributed by atoms with E-state index >= 15 is 0 Å². The standard InChI is InChI=1S/C24H28N2O7S/c1-16(2)23(28)25-20-8-4-18(5-9-20)22(27)17(3)33-24(29)19-6-10-21(11-7-19)34(30,31)26-12-14-32-15-13-26/h4-11,16-17H,12-15H2,1-3H3,(H,25,28). The summed E-state index contributed by atoms with van der Waals surface area (Å²) in [5.74, 6) is -1.45. The van der Waals surface area contributed by atoms with Gasteiger partial charge in [-0.1, -0.05) is 13.8 Å². The molecule has 1 atom stereocenters. The van der Waals surface area contributed by atoms with Crippen molar-refractivity contribution in [1.82, 2.24) is 4.31 Å². The van der Waals surface area contributed by atoms with Crippen molar-refractivity contribution < 1.29 is 32.3 Å². The lowest BCUT2D eigenvalue weighted by molar-refractivity contribution is -0.118. The van der Waals surface area contributed by atoms with E-state index < -0.39 is 27.9 Å². The van der Waals surface area contributed by atoms with Gasteiger partial charge in [-0.15, -0.1) is 0 Å². The molecule has 9 nitrogen and oxygen atoms in total. The Morgan fingerprint density at radius 3 is 2.03 bits per heavy atom. The van der Waals surface area contributed by atoms with Crippen molar-refractivity contribution in [2.24, 2.45) is 5.92 Å². The highest BCUT2D eigenvalue weighted by Gasteiger charge is 2.27. The van der Waals surface area contributed by atoms with E-state index in [0.29, 0.717) is 24.5 Å². The fourth-order valence-electron chi connectivity index (χ4n) is 3.22. The molecule has 0 saturated carbocycles.